The monoisotopic (exact) mass is 482 g/mol. The molecule has 1 aliphatic heterocycles. The molecule has 1 aromatic carbocycles. The van der Waals surface area contributed by atoms with Crippen LogP contribution < -0.4 is 4.90 Å². The van der Waals surface area contributed by atoms with Gasteiger partial charge in [0.05, 0.1) is 15.7 Å². The van der Waals surface area contributed by atoms with E-state index in [1.807, 2.05) is 31.7 Å². The van der Waals surface area contributed by atoms with Gasteiger partial charge in [0, 0.05) is 31.7 Å². The lowest BCUT2D eigenvalue weighted by Crippen LogP contribution is -2.50. The number of aromatic amines is 1. The number of nitrogens with one attached hydrogen (secondary N) is 1. The lowest BCUT2D eigenvalue weighted by Gasteiger charge is -2.36. The van der Waals surface area contributed by atoms with Gasteiger partial charge in [0.25, 0.3) is 0 Å². The van der Waals surface area contributed by atoms with Gasteiger partial charge in [-0.3, -0.25) is 5.10 Å². The number of hydrogen-bond donors (Lipinski definition) is 1. The molecule has 164 valence electrons. The Morgan fingerprint density at radius 2 is 1.81 bits per heavy atom. The van der Waals surface area contributed by atoms with Crippen molar-refractivity contribution in [1.82, 2.24) is 25.1 Å². The summed E-state index contributed by atoms with van der Waals surface area (Å²) >= 11 is 19.0. The number of anilines is 1. The van der Waals surface area contributed by atoms with E-state index in [-0.39, 0.29) is 11.2 Å². The minimum atomic E-state index is -0.530. The van der Waals surface area contributed by atoms with Crippen molar-refractivity contribution in [2.24, 2.45) is 0 Å². The Balaban J connectivity index is 1.56. The van der Waals surface area contributed by atoms with E-state index >= 15 is 0 Å². The summed E-state index contributed by atoms with van der Waals surface area (Å²) in [5.41, 5.74) is 1.65. The quantitative estimate of drug-likeness (QED) is 0.549. The standard InChI is InChI=1S/C20H21Cl3N6O2/c1-20(2,3)31-19(30)29-9-7-28(8-10-29)18-16(23)24-15-14(26-27-17(15)25-18)11-5-4-6-12(21)13(11)22/h4-6H,7-10H2,1-3H3,(H,25,26,27). The number of aromatic nitrogens is 4. The van der Waals surface area contributed by atoms with Crippen molar-refractivity contribution in [3.63, 3.8) is 0 Å². The van der Waals surface area contributed by atoms with Crippen molar-refractivity contribution in [3.05, 3.63) is 33.4 Å². The van der Waals surface area contributed by atoms with E-state index in [2.05, 4.69) is 20.2 Å². The SMILES string of the molecule is CC(C)(C)OC(=O)N1CCN(c2nc3n[nH]c(-c4cccc(Cl)c4Cl)c3nc2Cl)CC1. The number of H-pyrrole nitrogens is 1. The summed E-state index contributed by atoms with van der Waals surface area (Å²) in [5, 5.41) is 8.29. The Labute approximate surface area is 194 Å². The third kappa shape index (κ3) is 4.51. The van der Waals surface area contributed by atoms with E-state index in [0.29, 0.717) is 64.5 Å². The van der Waals surface area contributed by atoms with Crippen LogP contribution in [-0.2, 0) is 4.74 Å². The van der Waals surface area contributed by atoms with E-state index in [9.17, 15) is 4.79 Å². The molecule has 0 bridgehead atoms. The highest BCUT2D eigenvalue weighted by Gasteiger charge is 2.28. The van der Waals surface area contributed by atoms with E-state index in [1.54, 1.807) is 17.0 Å². The molecule has 1 amide bonds. The molecule has 11 heteroatoms. The molecule has 1 saturated heterocycles. The van der Waals surface area contributed by atoms with Crippen LogP contribution in [0, 0.1) is 0 Å². The van der Waals surface area contributed by atoms with Crippen LogP contribution in [0.1, 0.15) is 20.8 Å². The van der Waals surface area contributed by atoms with Crippen LogP contribution in [0.25, 0.3) is 22.4 Å². The predicted molar refractivity (Wildman–Crippen MR) is 122 cm³/mol. The van der Waals surface area contributed by atoms with Gasteiger partial charge in [0.15, 0.2) is 11.0 Å². The number of halogens is 3. The van der Waals surface area contributed by atoms with Crippen molar-refractivity contribution in [1.29, 1.82) is 0 Å². The predicted octanol–water partition coefficient (Wildman–Crippen LogP) is 5.04. The van der Waals surface area contributed by atoms with E-state index in [4.69, 9.17) is 39.5 Å². The zero-order valence-corrected chi connectivity index (χ0v) is 19.5. The fourth-order valence-electron chi connectivity index (χ4n) is 3.32. The number of fused-ring (bicyclic) bond motifs is 1. The molecule has 3 aromatic rings. The van der Waals surface area contributed by atoms with Gasteiger partial charge < -0.3 is 14.5 Å². The Bertz CT molecular complexity index is 1140. The van der Waals surface area contributed by atoms with Crippen LogP contribution in [0.4, 0.5) is 10.6 Å². The second-order valence-corrected chi connectivity index (χ2v) is 9.31. The number of carbonyl (C=O) groups is 1. The Kier molecular flexibility index (Phi) is 5.89. The summed E-state index contributed by atoms with van der Waals surface area (Å²) in [6.45, 7) is 7.64. The van der Waals surface area contributed by atoms with Crippen LogP contribution in [0.2, 0.25) is 15.2 Å². The van der Waals surface area contributed by atoms with Crippen molar-refractivity contribution < 1.29 is 9.53 Å². The van der Waals surface area contributed by atoms with Crippen molar-refractivity contribution in [2.75, 3.05) is 31.1 Å². The molecule has 31 heavy (non-hydrogen) atoms. The molecule has 1 fully saturated rings. The van der Waals surface area contributed by atoms with Gasteiger partial charge in [0.2, 0.25) is 5.65 Å². The lowest BCUT2D eigenvalue weighted by atomic mass is 10.1. The zero-order chi connectivity index (χ0) is 22.3. The molecular weight excluding hydrogens is 463 g/mol. The van der Waals surface area contributed by atoms with Crippen molar-refractivity contribution in [3.8, 4) is 11.3 Å². The van der Waals surface area contributed by atoms with Gasteiger partial charge in [-0.1, -0.05) is 46.9 Å². The molecule has 0 saturated carbocycles. The summed E-state index contributed by atoms with van der Waals surface area (Å²) in [7, 11) is 0. The number of ether oxygens (including phenoxy) is 1. The molecule has 4 rings (SSSR count). The minimum absolute atomic E-state index is 0.249. The maximum absolute atomic E-state index is 12.3. The van der Waals surface area contributed by atoms with E-state index < -0.39 is 5.60 Å². The summed E-state index contributed by atoms with van der Waals surface area (Å²) < 4.78 is 5.44. The molecular formula is C20H21Cl3N6O2. The molecule has 2 aromatic heterocycles. The molecule has 0 unspecified atom stereocenters. The molecule has 1 aliphatic rings. The number of carbonyl (C=O) groups excluding carboxylic acids is 1. The molecule has 3 heterocycles. The van der Waals surface area contributed by atoms with Gasteiger partial charge in [-0.25, -0.2) is 14.8 Å². The normalized spacial score (nSPS) is 14.9. The van der Waals surface area contributed by atoms with Gasteiger partial charge in [-0.05, 0) is 26.8 Å². The van der Waals surface area contributed by atoms with E-state index in [1.165, 1.54) is 0 Å². The first-order valence-electron chi connectivity index (χ1n) is 9.73. The van der Waals surface area contributed by atoms with Gasteiger partial charge >= 0.3 is 6.09 Å². The first kappa shape index (κ1) is 21.9. The fourth-order valence-corrected chi connectivity index (χ4v) is 3.96. The fraction of sp³-hybridized carbons (Fsp3) is 0.400. The molecule has 0 atom stereocenters. The largest absolute Gasteiger partial charge is 0.444 e. The summed E-state index contributed by atoms with van der Waals surface area (Å²) in [6, 6.07) is 5.32. The Morgan fingerprint density at radius 1 is 1.10 bits per heavy atom. The molecule has 0 spiro atoms. The highest BCUT2D eigenvalue weighted by molar-refractivity contribution is 6.43. The molecule has 0 aliphatic carbocycles. The first-order chi connectivity index (χ1) is 14.6. The number of hydrogen-bond acceptors (Lipinski definition) is 6. The molecule has 1 N–H and O–H groups in total. The average molecular weight is 484 g/mol. The maximum atomic E-state index is 12.3. The van der Waals surface area contributed by atoms with Crippen molar-refractivity contribution >= 4 is 57.9 Å². The van der Waals surface area contributed by atoms with Crippen LogP contribution in [-0.4, -0.2) is 62.9 Å². The van der Waals surface area contributed by atoms with Crippen molar-refractivity contribution in [2.45, 2.75) is 26.4 Å². The number of nitrogens with zero attached hydrogens (tertiary/aromatic N) is 5. The first-order valence-corrected chi connectivity index (χ1v) is 10.9. The summed E-state index contributed by atoms with van der Waals surface area (Å²) in [4.78, 5) is 25.1. The number of rotatable bonds is 2. The van der Waals surface area contributed by atoms with Gasteiger partial charge in [-0.15, -0.1) is 0 Å². The van der Waals surface area contributed by atoms with Gasteiger partial charge in [-0.2, -0.15) is 5.10 Å². The third-order valence-corrected chi connectivity index (χ3v) is 5.85. The summed E-state index contributed by atoms with van der Waals surface area (Å²) in [5.74, 6) is 0.522. The number of benzene rings is 1. The van der Waals surface area contributed by atoms with Crippen LogP contribution in [0.3, 0.4) is 0 Å². The smallest absolute Gasteiger partial charge is 0.410 e. The number of piperazine rings is 1. The van der Waals surface area contributed by atoms with Gasteiger partial charge in [0.1, 0.15) is 11.1 Å². The average Bonchev–Trinajstić information content (AvgIpc) is 3.11. The highest BCUT2D eigenvalue weighted by atomic mass is 35.5. The van der Waals surface area contributed by atoms with Crippen LogP contribution in [0.5, 0.6) is 0 Å². The topological polar surface area (TPSA) is 87.2 Å². The molecule has 0 radical (unpaired) electrons. The second-order valence-electron chi connectivity index (χ2n) is 8.16. The number of amides is 1. The Hall–Kier alpha value is -2.29. The molecule has 8 nitrogen and oxygen atoms in total. The second kappa shape index (κ2) is 8.33. The highest BCUT2D eigenvalue weighted by Crippen LogP contribution is 2.36. The van der Waals surface area contributed by atoms with Crippen LogP contribution in [0.15, 0.2) is 18.2 Å². The summed E-state index contributed by atoms with van der Waals surface area (Å²) in [6.07, 6.45) is -0.324. The Morgan fingerprint density at radius 3 is 2.48 bits per heavy atom. The lowest BCUT2D eigenvalue weighted by molar-refractivity contribution is 0.0240. The third-order valence-electron chi connectivity index (χ3n) is 4.78. The van der Waals surface area contributed by atoms with E-state index in [0.717, 1.165) is 0 Å². The zero-order valence-electron chi connectivity index (χ0n) is 17.2. The minimum Gasteiger partial charge on any atom is -0.444 e. The van der Waals surface area contributed by atoms with Crippen LogP contribution >= 0.6 is 34.8 Å². The maximum Gasteiger partial charge on any atom is 0.410 e.